The van der Waals surface area contributed by atoms with Crippen LogP contribution in [0.4, 0.5) is 5.69 Å². The van der Waals surface area contributed by atoms with E-state index < -0.39 is 5.97 Å². The van der Waals surface area contributed by atoms with Crippen LogP contribution in [0.1, 0.15) is 47.2 Å². The number of aliphatic hydroxyl groups is 1. The van der Waals surface area contributed by atoms with Gasteiger partial charge < -0.3 is 14.9 Å². The van der Waals surface area contributed by atoms with Crippen molar-refractivity contribution in [1.82, 2.24) is 4.90 Å². The number of carboxylic acids is 1. The summed E-state index contributed by atoms with van der Waals surface area (Å²) >= 11 is 14.3. The van der Waals surface area contributed by atoms with Crippen molar-refractivity contribution in [2.24, 2.45) is 16.8 Å². The topological polar surface area (TPSA) is 106 Å². The van der Waals surface area contributed by atoms with E-state index in [4.69, 9.17) is 33.3 Å². The highest BCUT2D eigenvalue weighted by molar-refractivity contribution is 7.99. The van der Waals surface area contributed by atoms with Crippen molar-refractivity contribution in [1.29, 1.82) is 5.41 Å². The number of aliphatic hydroxyl groups excluding tert-OH is 1. The molecule has 2 aromatic carbocycles. The Balaban J connectivity index is 1.22. The van der Waals surface area contributed by atoms with Crippen molar-refractivity contribution < 1.29 is 19.7 Å². The van der Waals surface area contributed by atoms with E-state index in [0.29, 0.717) is 33.1 Å². The van der Waals surface area contributed by atoms with E-state index in [1.165, 1.54) is 0 Å². The van der Waals surface area contributed by atoms with Gasteiger partial charge in [-0.05, 0) is 75.1 Å². The lowest BCUT2D eigenvalue weighted by Gasteiger charge is -2.31. The molecule has 10 heteroatoms. The molecular formula is C29H31Cl2N3O4S. The van der Waals surface area contributed by atoms with E-state index in [1.54, 1.807) is 42.1 Å². The molecular weight excluding hydrogens is 557 g/mol. The summed E-state index contributed by atoms with van der Waals surface area (Å²) in [5.74, 6) is 0.393. The van der Waals surface area contributed by atoms with Crippen LogP contribution in [-0.2, 0) is 4.74 Å². The Bertz CT molecular complexity index is 1340. The van der Waals surface area contributed by atoms with Crippen molar-refractivity contribution in [3.8, 4) is 0 Å². The molecule has 0 spiro atoms. The first kappa shape index (κ1) is 28.2. The second-order valence-electron chi connectivity index (χ2n) is 10.5. The number of likely N-dealkylation sites (tertiary alicyclic amines) is 1. The molecule has 3 fully saturated rings. The van der Waals surface area contributed by atoms with E-state index in [9.17, 15) is 15.0 Å². The number of hydrogen-bond donors (Lipinski definition) is 3. The van der Waals surface area contributed by atoms with Crippen LogP contribution in [0.15, 0.2) is 51.6 Å². The van der Waals surface area contributed by atoms with Gasteiger partial charge in [-0.1, -0.05) is 29.3 Å². The van der Waals surface area contributed by atoms with Crippen LogP contribution in [0.5, 0.6) is 0 Å². The number of fused-ring (bicyclic) bond motifs is 2. The number of aryl methyl sites for hydroxylation is 1. The van der Waals surface area contributed by atoms with E-state index in [0.717, 1.165) is 54.3 Å². The number of aromatic carboxylic acids is 1. The molecule has 39 heavy (non-hydrogen) atoms. The second kappa shape index (κ2) is 11.6. The fraction of sp³-hybridized carbons (Fsp3) is 0.414. The van der Waals surface area contributed by atoms with Crippen molar-refractivity contribution in [3.05, 3.63) is 68.4 Å². The zero-order valence-electron chi connectivity index (χ0n) is 21.6. The number of aliphatic imine (C=N–C) groups is 1. The monoisotopic (exact) mass is 587 g/mol. The van der Waals surface area contributed by atoms with Gasteiger partial charge >= 0.3 is 5.97 Å². The molecule has 2 aliphatic carbocycles. The molecule has 7 nitrogen and oxygen atoms in total. The minimum Gasteiger partial charge on any atom is -0.512 e. The number of rotatable bonds is 11. The third kappa shape index (κ3) is 5.91. The van der Waals surface area contributed by atoms with Crippen molar-refractivity contribution in [2.45, 2.75) is 49.6 Å². The number of nitrogens with one attached hydrogen (secondary N) is 1. The number of thioether (sulfide) groups is 1. The second-order valence-corrected chi connectivity index (χ2v) is 12.3. The number of allylic oxidation sites excluding steroid dienone is 1. The standard InChI is InChI=1S/C29H31Cl2N3O4S/c1-15-8-17(29(36)37)10-24(27(15)33-2)39-14-34-12-18-9-19(34)11-23(18)38-13-20(28(35)16-6-7-16)26(32)25-21(30)4-3-5-22(25)31/h3-5,8,10,16,18-19,23,32,35H,2,6-7,9,11-14H2,1H3,(H,36,37)/b28-20-,32-26?/t18-,19-,23+/m0/s1. The molecule has 5 rings (SSSR count). The average Bonchev–Trinajstić information content (AvgIpc) is 3.57. The third-order valence-electron chi connectivity index (χ3n) is 7.88. The van der Waals surface area contributed by atoms with Crippen LogP contribution < -0.4 is 0 Å². The van der Waals surface area contributed by atoms with Gasteiger partial charge in [0.25, 0.3) is 0 Å². The summed E-state index contributed by atoms with van der Waals surface area (Å²) in [6.07, 6.45) is 3.72. The van der Waals surface area contributed by atoms with Gasteiger partial charge in [-0.25, -0.2) is 4.79 Å². The number of piperidine rings is 1. The maximum atomic E-state index is 11.5. The zero-order valence-corrected chi connectivity index (χ0v) is 24.0. The average molecular weight is 589 g/mol. The van der Waals surface area contributed by atoms with Gasteiger partial charge in [0.15, 0.2) is 0 Å². The van der Waals surface area contributed by atoms with Crippen molar-refractivity contribution in [2.75, 3.05) is 19.0 Å². The Hall–Kier alpha value is -2.36. The third-order valence-corrected chi connectivity index (χ3v) is 9.59. The summed E-state index contributed by atoms with van der Waals surface area (Å²) in [5, 5.41) is 29.9. The molecule has 0 radical (unpaired) electrons. The fourth-order valence-corrected chi connectivity index (χ4v) is 7.43. The molecule has 206 valence electrons. The van der Waals surface area contributed by atoms with Gasteiger partial charge in [-0.3, -0.25) is 15.3 Å². The van der Waals surface area contributed by atoms with Crippen LogP contribution in [0.25, 0.3) is 0 Å². The fourth-order valence-electron chi connectivity index (χ4n) is 5.65. The molecule has 1 heterocycles. The first-order valence-electron chi connectivity index (χ1n) is 13.0. The lowest BCUT2D eigenvalue weighted by molar-refractivity contribution is 0.0152. The van der Waals surface area contributed by atoms with Crippen molar-refractivity contribution >= 4 is 59.0 Å². The molecule has 0 amide bonds. The Morgan fingerprint density at radius 1 is 1.23 bits per heavy atom. The molecule has 2 aromatic rings. The molecule has 3 atom stereocenters. The highest BCUT2D eigenvalue weighted by Crippen LogP contribution is 2.43. The largest absolute Gasteiger partial charge is 0.512 e. The number of carboxylic acid groups (broad SMARTS) is 1. The summed E-state index contributed by atoms with van der Waals surface area (Å²) in [6, 6.07) is 8.78. The van der Waals surface area contributed by atoms with E-state index >= 15 is 0 Å². The quantitative estimate of drug-likeness (QED) is 0.146. The Kier molecular flexibility index (Phi) is 8.40. The molecule has 1 aliphatic heterocycles. The molecule has 3 aliphatic rings. The number of halogens is 2. The Morgan fingerprint density at radius 2 is 1.95 bits per heavy atom. The smallest absolute Gasteiger partial charge is 0.335 e. The van der Waals surface area contributed by atoms with Gasteiger partial charge in [-0.15, -0.1) is 11.8 Å². The summed E-state index contributed by atoms with van der Waals surface area (Å²) < 4.78 is 6.36. The lowest BCUT2D eigenvalue weighted by atomic mass is 9.99. The van der Waals surface area contributed by atoms with Gasteiger partial charge in [-0.2, -0.15) is 0 Å². The normalized spacial score (nSPS) is 23.1. The summed E-state index contributed by atoms with van der Waals surface area (Å²) in [5.41, 5.74) is 2.76. The lowest BCUT2D eigenvalue weighted by Crippen LogP contribution is -2.38. The maximum Gasteiger partial charge on any atom is 0.335 e. The Labute approximate surface area is 242 Å². The van der Waals surface area contributed by atoms with Crippen LogP contribution >= 0.6 is 35.0 Å². The maximum absolute atomic E-state index is 11.5. The minimum absolute atomic E-state index is 0.0377. The zero-order chi connectivity index (χ0) is 27.8. The van der Waals surface area contributed by atoms with Crippen LogP contribution in [0.3, 0.4) is 0 Å². The first-order chi connectivity index (χ1) is 18.7. The summed E-state index contributed by atoms with van der Waals surface area (Å²) in [7, 11) is 0. The first-order valence-corrected chi connectivity index (χ1v) is 14.7. The van der Waals surface area contributed by atoms with Gasteiger partial charge in [0.1, 0.15) is 5.76 Å². The highest BCUT2D eigenvalue weighted by atomic mass is 35.5. The van der Waals surface area contributed by atoms with Crippen LogP contribution in [-0.4, -0.2) is 64.7 Å². The van der Waals surface area contributed by atoms with E-state index in [-0.39, 0.29) is 35.7 Å². The molecule has 1 saturated heterocycles. The highest BCUT2D eigenvalue weighted by Gasteiger charge is 2.45. The number of nitrogens with zero attached hydrogens (tertiary/aromatic N) is 2. The van der Waals surface area contributed by atoms with Crippen molar-refractivity contribution in [3.63, 3.8) is 0 Å². The number of benzene rings is 2. The number of carbonyl (C=O) groups is 1. The number of hydrogen-bond acceptors (Lipinski definition) is 7. The number of ether oxygens (including phenoxy) is 1. The van der Waals surface area contributed by atoms with E-state index in [2.05, 4.69) is 16.6 Å². The molecule has 2 bridgehead atoms. The molecule has 3 N–H and O–H groups in total. The van der Waals surface area contributed by atoms with E-state index in [1.807, 2.05) is 6.92 Å². The minimum atomic E-state index is -0.957. The van der Waals surface area contributed by atoms with Gasteiger partial charge in [0.2, 0.25) is 0 Å². The SMILES string of the molecule is C=Nc1c(C)cc(C(=O)O)cc1SCN1C[C@@H]2C[C@H]1C[C@H]2OC/C(C(=N)c1c(Cl)cccc1Cl)=C(/O)C1CC1. The molecule has 0 aromatic heterocycles. The van der Waals surface area contributed by atoms with Gasteiger partial charge in [0.05, 0.1) is 39.7 Å². The predicted octanol–water partition coefficient (Wildman–Crippen LogP) is 7.15. The summed E-state index contributed by atoms with van der Waals surface area (Å²) in [4.78, 5) is 18.9. The van der Waals surface area contributed by atoms with Gasteiger partial charge in [0, 0.05) is 40.4 Å². The summed E-state index contributed by atoms with van der Waals surface area (Å²) in [6.45, 7) is 6.53. The van der Waals surface area contributed by atoms with Crippen LogP contribution in [0, 0.1) is 24.2 Å². The Morgan fingerprint density at radius 3 is 2.54 bits per heavy atom. The van der Waals surface area contributed by atoms with Crippen LogP contribution in [0.2, 0.25) is 10.0 Å². The molecule has 0 unspecified atom stereocenters. The predicted molar refractivity (Wildman–Crippen MR) is 157 cm³/mol. The molecule has 2 saturated carbocycles.